The summed E-state index contributed by atoms with van der Waals surface area (Å²) in [5, 5.41) is 17.7. The van der Waals surface area contributed by atoms with E-state index in [2.05, 4.69) is 20.2 Å². The van der Waals surface area contributed by atoms with Crippen molar-refractivity contribution in [2.75, 3.05) is 20.8 Å². The van der Waals surface area contributed by atoms with Crippen LogP contribution in [0.4, 0.5) is 8.78 Å². The summed E-state index contributed by atoms with van der Waals surface area (Å²) in [6.45, 7) is 10.5. The molecular formula is C44H42F2N6O10. The summed E-state index contributed by atoms with van der Waals surface area (Å²) in [6, 6.07) is 6.39. The minimum Gasteiger partial charge on any atom is -0.489 e. The van der Waals surface area contributed by atoms with Gasteiger partial charge < -0.3 is 33.5 Å². The fourth-order valence-corrected chi connectivity index (χ4v) is 6.67. The van der Waals surface area contributed by atoms with Crippen molar-refractivity contribution < 1.29 is 56.7 Å². The number of halogens is 2. The molecular weight excluding hydrogens is 811 g/mol. The van der Waals surface area contributed by atoms with Crippen LogP contribution in [-0.2, 0) is 36.7 Å². The second-order valence-electron chi connectivity index (χ2n) is 15.5. The molecule has 0 bridgehead atoms. The van der Waals surface area contributed by atoms with Crippen LogP contribution in [-0.4, -0.2) is 79.1 Å². The summed E-state index contributed by atoms with van der Waals surface area (Å²) in [5.74, 6) is -1.57. The topological polar surface area (TPSA) is 187 Å². The third-order valence-electron chi connectivity index (χ3n) is 9.97. The molecule has 0 radical (unpaired) electrons. The molecule has 0 amide bonds. The molecule has 322 valence electrons. The van der Waals surface area contributed by atoms with Crippen molar-refractivity contribution in [1.29, 1.82) is 0 Å². The number of methoxy groups -OCH3 is 2. The van der Waals surface area contributed by atoms with Gasteiger partial charge in [0.15, 0.2) is 28.9 Å². The predicted molar refractivity (Wildman–Crippen MR) is 218 cm³/mol. The zero-order valence-corrected chi connectivity index (χ0v) is 35.0. The Kier molecular flexibility index (Phi) is 11.8. The molecule has 8 rings (SSSR count). The van der Waals surface area contributed by atoms with E-state index in [0.29, 0.717) is 67.9 Å². The number of aromatic nitrogens is 6. The number of esters is 3. The second-order valence-corrected chi connectivity index (χ2v) is 15.5. The highest BCUT2D eigenvalue weighted by atomic mass is 19.1. The van der Waals surface area contributed by atoms with E-state index < -0.39 is 41.1 Å². The van der Waals surface area contributed by atoms with Crippen molar-refractivity contribution in [2.24, 2.45) is 5.41 Å². The normalized spacial score (nSPS) is 13.3. The number of fused-ring (bicyclic) bond motifs is 4. The van der Waals surface area contributed by atoms with E-state index in [9.17, 15) is 19.5 Å². The Labute approximate surface area is 353 Å². The zero-order chi connectivity index (χ0) is 44.6. The fourth-order valence-electron chi connectivity index (χ4n) is 6.67. The van der Waals surface area contributed by atoms with Gasteiger partial charge in [-0.2, -0.15) is 20.2 Å². The van der Waals surface area contributed by atoms with Crippen LogP contribution in [0.2, 0.25) is 0 Å². The van der Waals surface area contributed by atoms with Crippen LogP contribution in [0.5, 0.6) is 34.8 Å². The van der Waals surface area contributed by atoms with Gasteiger partial charge in [0.05, 0.1) is 38.1 Å². The molecule has 0 unspecified atom stereocenters. The second kappa shape index (κ2) is 17.0. The summed E-state index contributed by atoms with van der Waals surface area (Å²) >= 11 is 0. The van der Waals surface area contributed by atoms with Gasteiger partial charge in [-0.05, 0) is 77.0 Å². The molecule has 0 saturated carbocycles. The van der Waals surface area contributed by atoms with Crippen molar-refractivity contribution in [3.8, 4) is 34.8 Å². The molecule has 0 saturated heterocycles. The molecule has 16 nitrogen and oxygen atoms in total. The lowest BCUT2D eigenvalue weighted by Gasteiger charge is -2.15. The van der Waals surface area contributed by atoms with Gasteiger partial charge in [-0.15, -0.1) is 0 Å². The Balaban J connectivity index is 0.000000187. The summed E-state index contributed by atoms with van der Waals surface area (Å²) in [4.78, 5) is 44.1. The molecule has 0 spiro atoms. The van der Waals surface area contributed by atoms with Crippen LogP contribution in [0.15, 0.2) is 60.5 Å². The van der Waals surface area contributed by atoms with Crippen LogP contribution in [0, 0.1) is 30.9 Å². The van der Waals surface area contributed by atoms with Gasteiger partial charge in [0.25, 0.3) is 0 Å². The minimum absolute atomic E-state index is 0.0243. The summed E-state index contributed by atoms with van der Waals surface area (Å²) in [7, 11) is 2.57. The Hall–Kier alpha value is -7.21. The van der Waals surface area contributed by atoms with Gasteiger partial charge in [0.2, 0.25) is 11.8 Å². The first-order valence-electron chi connectivity index (χ1n) is 19.2. The smallest absolute Gasteiger partial charge is 0.334 e. The molecule has 4 aromatic heterocycles. The maximum atomic E-state index is 15.2. The third kappa shape index (κ3) is 8.41. The lowest BCUT2D eigenvalue weighted by atomic mass is 9.97. The number of carbonyl (C=O) groups is 3. The molecule has 18 heteroatoms. The largest absolute Gasteiger partial charge is 0.489 e. The molecule has 6 aromatic rings. The third-order valence-corrected chi connectivity index (χ3v) is 9.97. The quantitative estimate of drug-likeness (QED) is 0.141. The highest BCUT2D eigenvalue weighted by Gasteiger charge is 2.29. The first-order valence-corrected chi connectivity index (χ1v) is 19.2. The van der Waals surface area contributed by atoms with E-state index in [4.69, 9.17) is 28.4 Å². The van der Waals surface area contributed by atoms with E-state index >= 15 is 8.78 Å². The SMILES string of the molecule is COC(=O)C1=Cc2c(ccc(Oc3ncnn4cc(OC(=O)C(C)(C)C)c(C)c34)c2F)C1.COC(=O)C1=Cc2c(ccc(Oc3ncnn4cc(OC[C@H](C)O)c(C)c34)c2F)C1. The Morgan fingerprint density at radius 3 is 1.63 bits per heavy atom. The molecule has 62 heavy (non-hydrogen) atoms. The van der Waals surface area contributed by atoms with Crippen LogP contribution in [0.1, 0.15) is 61.1 Å². The van der Waals surface area contributed by atoms with Crippen LogP contribution < -0.4 is 18.9 Å². The first-order chi connectivity index (χ1) is 29.5. The highest BCUT2D eigenvalue weighted by Crippen LogP contribution is 2.39. The van der Waals surface area contributed by atoms with Crippen molar-refractivity contribution in [3.05, 3.63) is 105 Å². The van der Waals surface area contributed by atoms with E-state index in [1.165, 1.54) is 60.2 Å². The van der Waals surface area contributed by atoms with Gasteiger partial charge in [-0.3, -0.25) is 4.79 Å². The van der Waals surface area contributed by atoms with Gasteiger partial charge in [-0.1, -0.05) is 12.1 Å². The summed E-state index contributed by atoms with van der Waals surface area (Å²) in [5.41, 5.74) is 4.22. The van der Waals surface area contributed by atoms with Crippen LogP contribution in [0.3, 0.4) is 0 Å². The Morgan fingerprint density at radius 1 is 0.742 bits per heavy atom. The van der Waals surface area contributed by atoms with Gasteiger partial charge in [-0.25, -0.2) is 27.4 Å². The van der Waals surface area contributed by atoms with E-state index in [0.717, 1.165) is 0 Å². The van der Waals surface area contributed by atoms with Gasteiger partial charge in [0, 0.05) is 46.2 Å². The molecule has 2 aliphatic carbocycles. The van der Waals surface area contributed by atoms with Gasteiger partial charge in [0.1, 0.15) is 36.0 Å². The Bertz CT molecular complexity index is 2840. The number of aliphatic hydroxyl groups is 1. The fraction of sp³-hybridized carbons (Fsp3) is 0.295. The number of benzene rings is 2. The van der Waals surface area contributed by atoms with Crippen molar-refractivity contribution >= 4 is 41.1 Å². The highest BCUT2D eigenvalue weighted by molar-refractivity contribution is 5.97. The maximum Gasteiger partial charge on any atom is 0.334 e. The van der Waals surface area contributed by atoms with Crippen molar-refractivity contribution in [2.45, 2.75) is 60.5 Å². The standard InChI is InChI=1S/C23H22FN3O5.C21H20FN3O5/c1-12-17(32-22(29)23(2,3)4)10-27-19(12)20(25-11-26-27)31-16-7-6-13-8-14(21(28)30-5)9-15(13)18(16)24;1-11(26)9-29-17-8-25-19(12(17)2)20(23-10-24-25)30-16-5-4-13-6-14(21(27)28-3)7-15(13)18(16)22/h6-7,9-11H,8H2,1-5H3;4-5,7-8,10-11,26H,6,9H2,1-3H3/t;11-/m.0/s1. The molecule has 2 aromatic carbocycles. The van der Waals surface area contributed by atoms with E-state index in [1.807, 2.05) is 0 Å². The number of hydrogen-bond acceptors (Lipinski definition) is 14. The number of aliphatic hydroxyl groups excluding tert-OH is 1. The van der Waals surface area contributed by atoms with Crippen molar-refractivity contribution in [1.82, 2.24) is 29.2 Å². The number of ether oxygens (including phenoxy) is 6. The maximum absolute atomic E-state index is 15.2. The molecule has 1 atom stereocenters. The average Bonchev–Trinajstić information content (AvgIpc) is 4.03. The molecule has 0 fully saturated rings. The van der Waals surface area contributed by atoms with E-state index in [-0.39, 0.29) is 41.9 Å². The average molecular weight is 853 g/mol. The summed E-state index contributed by atoms with van der Waals surface area (Å²) < 4.78 is 65.4. The molecule has 1 N–H and O–H groups in total. The Morgan fingerprint density at radius 2 is 1.19 bits per heavy atom. The zero-order valence-electron chi connectivity index (χ0n) is 35.0. The molecule has 4 heterocycles. The van der Waals surface area contributed by atoms with Crippen molar-refractivity contribution in [3.63, 3.8) is 0 Å². The summed E-state index contributed by atoms with van der Waals surface area (Å²) in [6.07, 6.45) is 8.65. The number of rotatable bonds is 10. The lowest BCUT2D eigenvalue weighted by Crippen LogP contribution is -2.25. The number of hydrogen-bond donors (Lipinski definition) is 1. The molecule has 2 aliphatic rings. The van der Waals surface area contributed by atoms with Gasteiger partial charge >= 0.3 is 17.9 Å². The minimum atomic E-state index is -0.685. The predicted octanol–water partition coefficient (Wildman–Crippen LogP) is 6.87. The first kappa shape index (κ1) is 42.9. The number of carbonyl (C=O) groups excluding carboxylic acids is 3. The lowest BCUT2D eigenvalue weighted by molar-refractivity contribution is -0.143. The van der Waals surface area contributed by atoms with Crippen LogP contribution in [0.25, 0.3) is 23.2 Å². The number of nitrogens with zero attached hydrogens (tertiary/aromatic N) is 6. The monoisotopic (exact) mass is 852 g/mol. The van der Waals surface area contributed by atoms with E-state index in [1.54, 1.807) is 66.1 Å². The van der Waals surface area contributed by atoms with Crippen LogP contribution >= 0.6 is 0 Å². The molecule has 0 aliphatic heterocycles. The number of aryl methyl sites for hydroxylation is 2.